The van der Waals surface area contributed by atoms with Gasteiger partial charge in [-0.3, -0.25) is 4.79 Å². The molecule has 1 aromatic carbocycles. The second-order valence-electron chi connectivity index (χ2n) is 5.64. The Morgan fingerprint density at radius 3 is 2.38 bits per heavy atom. The molecule has 1 aromatic heterocycles. The van der Waals surface area contributed by atoms with Gasteiger partial charge in [0.1, 0.15) is 0 Å². The summed E-state index contributed by atoms with van der Waals surface area (Å²) in [5.74, 6) is -0.881. The third kappa shape index (κ3) is 4.55. The van der Waals surface area contributed by atoms with Crippen LogP contribution in [0.3, 0.4) is 0 Å². The van der Waals surface area contributed by atoms with E-state index in [2.05, 4.69) is 5.32 Å². The Morgan fingerprint density at radius 2 is 1.79 bits per heavy atom. The number of nitrogens with one attached hydrogen (secondary N) is 1. The van der Waals surface area contributed by atoms with Gasteiger partial charge in [-0.05, 0) is 61.9 Å². The molecule has 24 heavy (non-hydrogen) atoms. The van der Waals surface area contributed by atoms with E-state index in [1.165, 1.54) is 6.08 Å². The van der Waals surface area contributed by atoms with Crippen LogP contribution in [0, 0.1) is 20.8 Å². The van der Waals surface area contributed by atoms with Crippen LogP contribution < -0.4 is 5.32 Å². The number of benzene rings is 1. The van der Waals surface area contributed by atoms with Gasteiger partial charge < -0.3 is 10.1 Å². The summed E-state index contributed by atoms with van der Waals surface area (Å²) in [6.45, 7) is 7.38. The highest BCUT2D eigenvalue weighted by atomic mass is 32.1. The minimum atomic E-state index is -0.870. The zero-order valence-electron chi connectivity index (χ0n) is 14.3. The number of esters is 1. The Bertz CT molecular complexity index is 756. The molecule has 1 N–H and O–H groups in total. The minimum Gasteiger partial charge on any atom is -0.449 e. The fraction of sp³-hybridized carbons (Fsp3) is 0.263. The van der Waals surface area contributed by atoms with Crippen molar-refractivity contribution in [3.8, 4) is 0 Å². The highest BCUT2D eigenvalue weighted by Crippen LogP contribution is 2.20. The van der Waals surface area contributed by atoms with Gasteiger partial charge in [0.05, 0.1) is 0 Å². The summed E-state index contributed by atoms with van der Waals surface area (Å²) in [5, 5.41) is 4.78. The van der Waals surface area contributed by atoms with Crippen molar-refractivity contribution in [1.29, 1.82) is 0 Å². The maximum absolute atomic E-state index is 12.2. The van der Waals surface area contributed by atoms with E-state index in [4.69, 9.17) is 4.74 Å². The van der Waals surface area contributed by atoms with Crippen molar-refractivity contribution in [2.75, 3.05) is 5.32 Å². The van der Waals surface area contributed by atoms with Crippen LogP contribution in [0.1, 0.15) is 28.5 Å². The summed E-state index contributed by atoms with van der Waals surface area (Å²) in [6.07, 6.45) is 2.19. The molecule has 5 heteroatoms. The average Bonchev–Trinajstić information content (AvgIpc) is 2.94. The average molecular weight is 343 g/mol. The molecule has 0 aliphatic carbocycles. The molecule has 0 radical (unpaired) electrons. The van der Waals surface area contributed by atoms with Crippen molar-refractivity contribution in [3.63, 3.8) is 0 Å². The molecule has 1 amide bonds. The summed E-state index contributed by atoms with van der Waals surface area (Å²) in [5.41, 5.74) is 3.80. The van der Waals surface area contributed by atoms with E-state index in [-0.39, 0.29) is 5.91 Å². The number of hydrogen-bond acceptors (Lipinski definition) is 4. The molecule has 1 heterocycles. The first-order valence-electron chi connectivity index (χ1n) is 7.68. The Kier molecular flexibility index (Phi) is 5.93. The van der Waals surface area contributed by atoms with Crippen LogP contribution in [0.25, 0.3) is 6.08 Å². The molecule has 0 saturated carbocycles. The standard InChI is InChI=1S/C19H21NO3S/c1-12-10-11-24-16(12)8-9-17(21)23-15(4)19(22)20-18-13(2)6-5-7-14(18)3/h5-11,15H,1-4H3,(H,20,22)/b9-8+/t15-/m0/s1. The lowest BCUT2D eigenvalue weighted by molar-refractivity contribution is -0.148. The predicted octanol–water partition coefficient (Wildman–Crippen LogP) is 4.26. The Labute approximate surface area is 146 Å². The zero-order valence-corrected chi connectivity index (χ0v) is 15.1. The first-order valence-corrected chi connectivity index (χ1v) is 8.56. The van der Waals surface area contributed by atoms with E-state index in [9.17, 15) is 9.59 Å². The van der Waals surface area contributed by atoms with Crippen LogP contribution in [0.4, 0.5) is 5.69 Å². The SMILES string of the molecule is Cc1ccsc1/C=C/C(=O)O[C@@H](C)C(=O)Nc1c(C)cccc1C. The van der Waals surface area contributed by atoms with Crippen LogP contribution in [-0.2, 0) is 14.3 Å². The molecule has 1 atom stereocenters. The van der Waals surface area contributed by atoms with Gasteiger partial charge in [0.15, 0.2) is 6.10 Å². The van der Waals surface area contributed by atoms with E-state index >= 15 is 0 Å². The number of rotatable bonds is 5. The van der Waals surface area contributed by atoms with Crippen molar-refractivity contribution in [1.82, 2.24) is 0 Å². The molecule has 4 nitrogen and oxygen atoms in total. The molecule has 2 rings (SSSR count). The smallest absolute Gasteiger partial charge is 0.331 e. The molecule has 0 bridgehead atoms. The zero-order chi connectivity index (χ0) is 17.7. The fourth-order valence-corrected chi connectivity index (χ4v) is 3.02. The highest BCUT2D eigenvalue weighted by molar-refractivity contribution is 7.11. The number of amides is 1. The van der Waals surface area contributed by atoms with Gasteiger partial charge in [-0.1, -0.05) is 18.2 Å². The van der Waals surface area contributed by atoms with Crippen LogP contribution in [0.15, 0.2) is 35.7 Å². The number of thiophene rings is 1. The van der Waals surface area contributed by atoms with E-state index in [1.807, 2.05) is 50.4 Å². The largest absolute Gasteiger partial charge is 0.449 e. The fourth-order valence-electron chi connectivity index (χ4n) is 2.20. The minimum absolute atomic E-state index is 0.346. The number of para-hydroxylation sites is 1. The molecule has 126 valence electrons. The second-order valence-corrected chi connectivity index (χ2v) is 6.58. The van der Waals surface area contributed by atoms with Crippen LogP contribution in [0.5, 0.6) is 0 Å². The van der Waals surface area contributed by atoms with Crippen molar-refractivity contribution < 1.29 is 14.3 Å². The molecule has 0 unspecified atom stereocenters. The van der Waals surface area contributed by atoms with E-state index in [1.54, 1.807) is 24.3 Å². The summed E-state index contributed by atoms with van der Waals surface area (Å²) in [7, 11) is 0. The normalized spacial score (nSPS) is 12.2. The molecule has 0 aliphatic heterocycles. The van der Waals surface area contributed by atoms with Crippen molar-refractivity contribution in [2.24, 2.45) is 0 Å². The van der Waals surface area contributed by atoms with Gasteiger partial charge in [-0.15, -0.1) is 11.3 Å². The molecule has 0 saturated heterocycles. The van der Waals surface area contributed by atoms with E-state index in [0.29, 0.717) is 0 Å². The maximum Gasteiger partial charge on any atom is 0.331 e. The summed E-state index contributed by atoms with van der Waals surface area (Å²) >= 11 is 1.55. The number of carbonyl (C=O) groups excluding carboxylic acids is 2. The summed E-state index contributed by atoms with van der Waals surface area (Å²) in [4.78, 5) is 25.1. The highest BCUT2D eigenvalue weighted by Gasteiger charge is 2.18. The molecule has 2 aromatic rings. The van der Waals surface area contributed by atoms with Gasteiger partial charge in [-0.2, -0.15) is 0 Å². The first-order chi connectivity index (χ1) is 11.4. The molecule has 0 fully saturated rings. The van der Waals surface area contributed by atoms with Crippen molar-refractivity contribution in [2.45, 2.75) is 33.8 Å². The van der Waals surface area contributed by atoms with Gasteiger partial charge in [0, 0.05) is 16.6 Å². The van der Waals surface area contributed by atoms with Crippen molar-refractivity contribution >= 4 is 35.0 Å². The van der Waals surface area contributed by atoms with Crippen LogP contribution in [-0.4, -0.2) is 18.0 Å². The quantitative estimate of drug-likeness (QED) is 0.652. The van der Waals surface area contributed by atoms with Gasteiger partial charge in [0.25, 0.3) is 5.91 Å². The van der Waals surface area contributed by atoms with Gasteiger partial charge >= 0.3 is 5.97 Å². The lowest BCUT2D eigenvalue weighted by Gasteiger charge is -2.15. The number of hydrogen-bond donors (Lipinski definition) is 1. The van der Waals surface area contributed by atoms with Crippen LogP contribution in [0.2, 0.25) is 0 Å². The first kappa shape index (κ1) is 17.9. The van der Waals surface area contributed by atoms with Gasteiger partial charge in [0.2, 0.25) is 0 Å². The summed E-state index contributed by atoms with van der Waals surface area (Å²) < 4.78 is 5.17. The molecular formula is C19H21NO3S. The van der Waals surface area contributed by atoms with E-state index in [0.717, 1.165) is 27.3 Å². The maximum atomic E-state index is 12.2. The lowest BCUT2D eigenvalue weighted by atomic mass is 10.1. The monoisotopic (exact) mass is 343 g/mol. The summed E-state index contributed by atoms with van der Waals surface area (Å²) in [6, 6.07) is 7.76. The topological polar surface area (TPSA) is 55.4 Å². The molecular weight excluding hydrogens is 322 g/mol. The number of aryl methyl sites for hydroxylation is 3. The third-order valence-corrected chi connectivity index (χ3v) is 4.65. The van der Waals surface area contributed by atoms with E-state index < -0.39 is 12.1 Å². The van der Waals surface area contributed by atoms with Crippen molar-refractivity contribution in [3.05, 3.63) is 57.3 Å². The Morgan fingerprint density at radius 1 is 1.12 bits per heavy atom. The number of carbonyl (C=O) groups is 2. The second kappa shape index (κ2) is 7.93. The third-order valence-electron chi connectivity index (χ3n) is 3.66. The lowest BCUT2D eigenvalue weighted by Crippen LogP contribution is -2.30. The Hall–Kier alpha value is -2.40. The van der Waals surface area contributed by atoms with Gasteiger partial charge in [-0.25, -0.2) is 4.79 Å². The van der Waals surface area contributed by atoms with Crippen LogP contribution >= 0.6 is 11.3 Å². The number of ether oxygens (including phenoxy) is 1. The molecule has 0 aliphatic rings. The molecule has 0 spiro atoms. The predicted molar refractivity (Wildman–Crippen MR) is 98.2 cm³/mol. The number of anilines is 1. The Balaban J connectivity index is 1.95.